The lowest BCUT2D eigenvalue weighted by Gasteiger charge is -2.11. The van der Waals surface area contributed by atoms with Crippen LogP contribution in [0.3, 0.4) is 0 Å². The SMILES string of the molecule is CCOc1cccc(N)c1C(=O)c1[nH]cc(C)c1C. The monoisotopic (exact) mass is 258 g/mol. The summed E-state index contributed by atoms with van der Waals surface area (Å²) in [7, 11) is 0. The van der Waals surface area contributed by atoms with E-state index in [0.29, 0.717) is 29.3 Å². The highest BCUT2D eigenvalue weighted by molar-refractivity contribution is 6.13. The molecule has 0 aliphatic heterocycles. The van der Waals surface area contributed by atoms with Crippen LogP contribution in [-0.2, 0) is 0 Å². The molecular formula is C15H18N2O2. The highest BCUT2D eigenvalue weighted by Gasteiger charge is 2.21. The van der Waals surface area contributed by atoms with Crippen molar-refractivity contribution in [1.82, 2.24) is 4.98 Å². The average Bonchev–Trinajstić information content (AvgIpc) is 2.70. The second-order valence-corrected chi connectivity index (χ2v) is 4.45. The summed E-state index contributed by atoms with van der Waals surface area (Å²) in [6, 6.07) is 5.25. The van der Waals surface area contributed by atoms with E-state index in [1.807, 2.05) is 27.0 Å². The molecule has 1 heterocycles. The van der Waals surface area contributed by atoms with Gasteiger partial charge >= 0.3 is 0 Å². The van der Waals surface area contributed by atoms with Gasteiger partial charge in [-0.25, -0.2) is 0 Å². The summed E-state index contributed by atoms with van der Waals surface area (Å²) < 4.78 is 5.49. The Morgan fingerprint density at radius 3 is 2.68 bits per heavy atom. The number of H-pyrrole nitrogens is 1. The van der Waals surface area contributed by atoms with Crippen LogP contribution in [0.1, 0.15) is 34.1 Å². The molecule has 0 unspecified atom stereocenters. The van der Waals surface area contributed by atoms with E-state index < -0.39 is 0 Å². The number of aromatic nitrogens is 1. The van der Waals surface area contributed by atoms with Crippen molar-refractivity contribution in [2.45, 2.75) is 20.8 Å². The lowest BCUT2D eigenvalue weighted by atomic mass is 10.0. The Hall–Kier alpha value is -2.23. The molecule has 0 saturated heterocycles. The fourth-order valence-electron chi connectivity index (χ4n) is 2.02. The van der Waals surface area contributed by atoms with Crippen LogP contribution >= 0.6 is 0 Å². The van der Waals surface area contributed by atoms with Crippen molar-refractivity contribution in [1.29, 1.82) is 0 Å². The van der Waals surface area contributed by atoms with Crippen LogP contribution in [-0.4, -0.2) is 17.4 Å². The van der Waals surface area contributed by atoms with Gasteiger partial charge in [-0.2, -0.15) is 0 Å². The number of nitrogens with one attached hydrogen (secondary N) is 1. The Kier molecular flexibility index (Phi) is 3.60. The Labute approximate surface area is 112 Å². The number of aromatic amines is 1. The summed E-state index contributed by atoms with van der Waals surface area (Å²) in [4.78, 5) is 15.6. The quantitative estimate of drug-likeness (QED) is 0.654. The molecule has 19 heavy (non-hydrogen) atoms. The number of ether oxygens (including phenoxy) is 1. The molecule has 0 atom stereocenters. The van der Waals surface area contributed by atoms with Crippen LogP contribution in [0.5, 0.6) is 5.75 Å². The van der Waals surface area contributed by atoms with Crippen LogP contribution in [0.25, 0.3) is 0 Å². The number of rotatable bonds is 4. The average molecular weight is 258 g/mol. The summed E-state index contributed by atoms with van der Waals surface area (Å²) in [5, 5.41) is 0. The number of carbonyl (C=O) groups excluding carboxylic acids is 1. The maximum Gasteiger partial charge on any atom is 0.215 e. The molecular weight excluding hydrogens is 240 g/mol. The second-order valence-electron chi connectivity index (χ2n) is 4.45. The molecule has 0 fully saturated rings. The lowest BCUT2D eigenvalue weighted by Crippen LogP contribution is -2.10. The zero-order valence-electron chi connectivity index (χ0n) is 11.4. The molecule has 4 heteroatoms. The molecule has 0 radical (unpaired) electrons. The maximum atomic E-state index is 12.6. The summed E-state index contributed by atoms with van der Waals surface area (Å²) >= 11 is 0. The molecule has 1 aromatic heterocycles. The molecule has 0 bridgehead atoms. The molecule has 0 amide bonds. The first kappa shape index (κ1) is 13.2. The predicted octanol–water partition coefficient (Wildman–Crippen LogP) is 2.84. The minimum Gasteiger partial charge on any atom is -0.493 e. The number of nitrogens with two attached hydrogens (primary N) is 1. The topological polar surface area (TPSA) is 68.1 Å². The van der Waals surface area contributed by atoms with E-state index >= 15 is 0 Å². The van der Waals surface area contributed by atoms with Crippen molar-refractivity contribution in [3.05, 3.63) is 46.8 Å². The van der Waals surface area contributed by atoms with Crippen molar-refractivity contribution in [3.8, 4) is 5.75 Å². The van der Waals surface area contributed by atoms with Gasteiger partial charge in [0.25, 0.3) is 0 Å². The van der Waals surface area contributed by atoms with Gasteiger partial charge in [0.05, 0.1) is 17.9 Å². The van der Waals surface area contributed by atoms with Gasteiger partial charge in [-0.3, -0.25) is 4.79 Å². The van der Waals surface area contributed by atoms with Gasteiger partial charge in [-0.05, 0) is 44.0 Å². The molecule has 0 aliphatic rings. The van der Waals surface area contributed by atoms with Crippen LogP contribution in [0.2, 0.25) is 0 Å². The molecule has 4 nitrogen and oxygen atoms in total. The van der Waals surface area contributed by atoms with Crippen molar-refractivity contribution in [2.24, 2.45) is 0 Å². The molecule has 3 N–H and O–H groups in total. The third kappa shape index (κ3) is 2.34. The van der Waals surface area contributed by atoms with Gasteiger partial charge in [-0.15, -0.1) is 0 Å². The fourth-order valence-corrected chi connectivity index (χ4v) is 2.02. The minimum atomic E-state index is -0.132. The van der Waals surface area contributed by atoms with E-state index in [-0.39, 0.29) is 5.78 Å². The standard InChI is InChI=1S/C15H18N2O2/c1-4-19-12-7-5-6-11(16)13(12)15(18)14-10(3)9(2)8-17-14/h5-8,17H,4,16H2,1-3H3. The zero-order chi connectivity index (χ0) is 14.0. The van der Waals surface area contributed by atoms with Crippen molar-refractivity contribution in [2.75, 3.05) is 12.3 Å². The van der Waals surface area contributed by atoms with Crippen LogP contribution < -0.4 is 10.5 Å². The molecule has 0 saturated carbocycles. The van der Waals surface area contributed by atoms with E-state index in [2.05, 4.69) is 4.98 Å². The first-order valence-corrected chi connectivity index (χ1v) is 6.26. The molecule has 0 spiro atoms. The number of hydrogen-bond acceptors (Lipinski definition) is 3. The Morgan fingerprint density at radius 2 is 2.11 bits per heavy atom. The van der Waals surface area contributed by atoms with E-state index in [1.165, 1.54) is 0 Å². The highest BCUT2D eigenvalue weighted by atomic mass is 16.5. The van der Waals surface area contributed by atoms with Gasteiger partial charge < -0.3 is 15.5 Å². The van der Waals surface area contributed by atoms with Gasteiger partial charge in [0.15, 0.2) is 0 Å². The molecule has 100 valence electrons. The third-order valence-electron chi connectivity index (χ3n) is 3.21. The molecule has 1 aromatic carbocycles. The third-order valence-corrected chi connectivity index (χ3v) is 3.21. The number of ketones is 1. The number of anilines is 1. The van der Waals surface area contributed by atoms with Crippen LogP contribution in [0.4, 0.5) is 5.69 Å². The Balaban J connectivity index is 2.52. The number of nitrogen functional groups attached to an aromatic ring is 1. The van der Waals surface area contributed by atoms with E-state index in [1.54, 1.807) is 18.2 Å². The summed E-state index contributed by atoms with van der Waals surface area (Å²) in [5.41, 5.74) is 9.35. The van der Waals surface area contributed by atoms with Gasteiger partial charge in [-0.1, -0.05) is 6.07 Å². The number of benzene rings is 1. The highest BCUT2D eigenvalue weighted by Crippen LogP contribution is 2.28. The summed E-state index contributed by atoms with van der Waals surface area (Å²) in [5.74, 6) is 0.395. The Bertz CT molecular complexity index is 615. The number of carbonyl (C=O) groups is 1. The van der Waals surface area contributed by atoms with Gasteiger partial charge in [0, 0.05) is 11.9 Å². The lowest BCUT2D eigenvalue weighted by molar-refractivity contribution is 0.103. The minimum absolute atomic E-state index is 0.132. The second kappa shape index (κ2) is 5.18. The van der Waals surface area contributed by atoms with Gasteiger partial charge in [0.1, 0.15) is 5.75 Å². The van der Waals surface area contributed by atoms with E-state index in [9.17, 15) is 4.79 Å². The molecule has 2 aromatic rings. The molecule has 0 aliphatic carbocycles. The van der Waals surface area contributed by atoms with E-state index in [4.69, 9.17) is 10.5 Å². The largest absolute Gasteiger partial charge is 0.493 e. The fraction of sp³-hybridized carbons (Fsp3) is 0.267. The number of aryl methyl sites for hydroxylation is 1. The number of hydrogen-bond donors (Lipinski definition) is 2. The van der Waals surface area contributed by atoms with Crippen LogP contribution in [0.15, 0.2) is 24.4 Å². The first-order chi connectivity index (χ1) is 9.06. The molecule has 2 rings (SSSR count). The van der Waals surface area contributed by atoms with E-state index in [0.717, 1.165) is 11.1 Å². The maximum absolute atomic E-state index is 12.6. The summed E-state index contributed by atoms with van der Waals surface area (Å²) in [6.07, 6.45) is 1.82. The smallest absolute Gasteiger partial charge is 0.215 e. The Morgan fingerprint density at radius 1 is 1.37 bits per heavy atom. The van der Waals surface area contributed by atoms with Crippen molar-refractivity contribution < 1.29 is 9.53 Å². The first-order valence-electron chi connectivity index (χ1n) is 6.26. The predicted molar refractivity (Wildman–Crippen MR) is 75.7 cm³/mol. The van der Waals surface area contributed by atoms with Gasteiger partial charge in [0.2, 0.25) is 5.78 Å². The van der Waals surface area contributed by atoms with Crippen molar-refractivity contribution in [3.63, 3.8) is 0 Å². The summed E-state index contributed by atoms with van der Waals surface area (Å²) in [6.45, 7) is 6.24. The van der Waals surface area contributed by atoms with Crippen LogP contribution in [0, 0.1) is 13.8 Å². The normalized spacial score (nSPS) is 10.5. The zero-order valence-corrected chi connectivity index (χ0v) is 11.4. The van der Waals surface area contributed by atoms with Crippen molar-refractivity contribution >= 4 is 11.5 Å².